The fourth-order valence-corrected chi connectivity index (χ4v) is 3.56. The van der Waals surface area contributed by atoms with E-state index in [1.54, 1.807) is 25.3 Å². The van der Waals surface area contributed by atoms with Crippen LogP contribution in [0.15, 0.2) is 42.5 Å². The van der Waals surface area contributed by atoms with Crippen LogP contribution in [0.5, 0.6) is 11.5 Å². The zero-order valence-corrected chi connectivity index (χ0v) is 16.9. The van der Waals surface area contributed by atoms with Gasteiger partial charge >= 0.3 is 0 Å². The number of amides is 1. The Balaban J connectivity index is 1.86. The molecular weight excluding hydrogens is 368 g/mol. The highest BCUT2D eigenvalue weighted by molar-refractivity contribution is 5.99. The summed E-state index contributed by atoms with van der Waals surface area (Å²) in [4.78, 5) is 13.4. The first kappa shape index (κ1) is 20.7. The average molecular weight is 394 g/mol. The van der Waals surface area contributed by atoms with Crippen molar-refractivity contribution in [1.82, 2.24) is 0 Å². The van der Waals surface area contributed by atoms with Crippen molar-refractivity contribution in [2.75, 3.05) is 32.2 Å². The van der Waals surface area contributed by atoms with Crippen molar-refractivity contribution >= 4 is 11.6 Å². The van der Waals surface area contributed by atoms with Gasteiger partial charge in [-0.05, 0) is 55.2 Å². The highest BCUT2D eigenvalue weighted by Crippen LogP contribution is 2.37. The van der Waals surface area contributed by atoms with Gasteiger partial charge in [0.1, 0.15) is 17.6 Å². The van der Waals surface area contributed by atoms with E-state index in [9.17, 15) is 10.1 Å². The molecule has 6 nitrogen and oxygen atoms in total. The summed E-state index contributed by atoms with van der Waals surface area (Å²) in [6.07, 6.45) is 2.04. The lowest BCUT2D eigenvalue weighted by molar-refractivity contribution is -0.125. The number of carbonyl (C=O) groups excluding carboxylic acids is 1. The molecule has 0 radical (unpaired) electrons. The third-order valence-corrected chi connectivity index (χ3v) is 5.24. The molecule has 1 fully saturated rings. The molecule has 2 aromatic rings. The van der Waals surface area contributed by atoms with Crippen LogP contribution in [0.2, 0.25) is 0 Å². The Bertz CT molecular complexity index is 881. The molecule has 1 amide bonds. The maximum Gasteiger partial charge on any atom is 0.235 e. The number of hydrogen-bond acceptors (Lipinski definition) is 5. The van der Waals surface area contributed by atoms with Gasteiger partial charge in [-0.1, -0.05) is 19.1 Å². The molecule has 1 heterocycles. The number of rotatable bonds is 7. The number of nitriles is 1. The molecule has 1 N–H and O–H groups in total. The number of methoxy groups -OCH3 is 1. The van der Waals surface area contributed by atoms with E-state index < -0.39 is 5.41 Å². The first-order valence-electron chi connectivity index (χ1n) is 9.83. The number of nitrogens with one attached hydrogen (secondary N) is 1. The lowest BCUT2D eigenvalue weighted by atomic mass is 9.73. The quantitative estimate of drug-likeness (QED) is 0.766. The number of ether oxygens (including phenoxy) is 3. The number of anilines is 1. The van der Waals surface area contributed by atoms with Gasteiger partial charge in [-0.25, -0.2) is 0 Å². The van der Waals surface area contributed by atoms with E-state index in [0.717, 1.165) is 17.7 Å². The molecule has 0 aromatic heterocycles. The highest BCUT2D eigenvalue weighted by atomic mass is 16.5. The van der Waals surface area contributed by atoms with Crippen molar-refractivity contribution in [3.05, 3.63) is 53.6 Å². The molecule has 1 saturated heterocycles. The maximum absolute atomic E-state index is 13.4. The van der Waals surface area contributed by atoms with Gasteiger partial charge in [0.05, 0.1) is 24.7 Å². The van der Waals surface area contributed by atoms with E-state index in [-0.39, 0.29) is 5.91 Å². The van der Waals surface area contributed by atoms with Crippen LogP contribution in [0, 0.1) is 11.3 Å². The molecule has 0 atom stereocenters. The summed E-state index contributed by atoms with van der Waals surface area (Å²) in [5.74, 6) is 1.18. The van der Waals surface area contributed by atoms with Gasteiger partial charge < -0.3 is 19.5 Å². The summed E-state index contributed by atoms with van der Waals surface area (Å²) in [6.45, 7) is 3.59. The molecule has 0 aliphatic carbocycles. The number of carbonyl (C=O) groups is 1. The average Bonchev–Trinajstić information content (AvgIpc) is 2.78. The van der Waals surface area contributed by atoms with Crippen molar-refractivity contribution < 1.29 is 19.0 Å². The summed E-state index contributed by atoms with van der Waals surface area (Å²) in [7, 11) is 1.62. The molecule has 1 aliphatic rings. The van der Waals surface area contributed by atoms with Gasteiger partial charge in [0.2, 0.25) is 5.91 Å². The maximum atomic E-state index is 13.4. The summed E-state index contributed by atoms with van der Waals surface area (Å²) in [5.41, 5.74) is 1.23. The Morgan fingerprint density at radius 3 is 2.55 bits per heavy atom. The molecule has 152 valence electrons. The topological polar surface area (TPSA) is 80.6 Å². The standard InChI is InChI=1S/C23H26N2O4/c1-3-12-29-21-9-6-19(15-17(21)16-24)25-22(26)23(10-13-28-14-11-23)18-4-7-20(27-2)8-5-18/h4-9,15H,3,10-14H2,1-2H3,(H,25,26). The molecule has 3 rings (SSSR count). The second-order valence-electron chi connectivity index (χ2n) is 7.05. The second kappa shape index (κ2) is 9.44. The van der Waals surface area contributed by atoms with Gasteiger partial charge in [0.15, 0.2) is 0 Å². The van der Waals surface area contributed by atoms with Crippen molar-refractivity contribution in [2.45, 2.75) is 31.6 Å². The van der Waals surface area contributed by atoms with Crippen molar-refractivity contribution in [1.29, 1.82) is 5.26 Å². The fourth-order valence-electron chi connectivity index (χ4n) is 3.56. The molecular formula is C23H26N2O4. The van der Waals surface area contributed by atoms with Crippen LogP contribution in [0.25, 0.3) is 0 Å². The predicted molar refractivity (Wildman–Crippen MR) is 110 cm³/mol. The molecule has 1 aliphatic heterocycles. The molecule has 0 spiro atoms. The summed E-state index contributed by atoms with van der Waals surface area (Å²) in [5, 5.41) is 12.4. The lowest BCUT2D eigenvalue weighted by Gasteiger charge is -2.36. The second-order valence-corrected chi connectivity index (χ2v) is 7.05. The third-order valence-electron chi connectivity index (χ3n) is 5.24. The van der Waals surface area contributed by atoms with Crippen LogP contribution < -0.4 is 14.8 Å². The Kier molecular flexibility index (Phi) is 6.73. The number of hydrogen-bond donors (Lipinski definition) is 1. The van der Waals surface area contributed by atoms with Gasteiger partial charge in [-0.15, -0.1) is 0 Å². The van der Waals surface area contributed by atoms with E-state index in [0.29, 0.717) is 49.7 Å². The zero-order valence-electron chi connectivity index (χ0n) is 16.9. The van der Waals surface area contributed by atoms with Crippen LogP contribution in [0.4, 0.5) is 5.69 Å². The summed E-state index contributed by atoms with van der Waals surface area (Å²) >= 11 is 0. The van der Waals surface area contributed by atoms with E-state index in [1.165, 1.54) is 0 Å². The monoisotopic (exact) mass is 394 g/mol. The van der Waals surface area contributed by atoms with E-state index >= 15 is 0 Å². The minimum absolute atomic E-state index is 0.0999. The van der Waals surface area contributed by atoms with Crippen molar-refractivity contribution in [3.8, 4) is 17.6 Å². The minimum atomic E-state index is -0.686. The molecule has 6 heteroatoms. The molecule has 29 heavy (non-hydrogen) atoms. The van der Waals surface area contributed by atoms with Gasteiger partial charge in [0, 0.05) is 18.9 Å². The van der Waals surface area contributed by atoms with Gasteiger partial charge in [-0.2, -0.15) is 5.26 Å². The molecule has 0 saturated carbocycles. The molecule has 0 bridgehead atoms. The fraction of sp³-hybridized carbons (Fsp3) is 0.391. The van der Waals surface area contributed by atoms with Gasteiger partial charge in [-0.3, -0.25) is 4.79 Å². The SMILES string of the molecule is CCCOc1ccc(NC(=O)C2(c3ccc(OC)cc3)CCOCC2)cc1C#N. The predicted octanol–water partition coefficient (Wildman–Crippen LogP) is 4.04. The Labute approximate surface area is 171 Å². The molecule has 0 unspecified atom stereocenters. The first-order chi connectivity index (χ1) is 14.1. The lowest BCUT2D eigenvalue weighted by Crippen LogP contribution is -2.44. The van der Waals surface area contributed by atoms with Crippen LogP contribution in [-0.4, -0.2) is 32.8 Å². The Hall–Kier alpha value is -3.04. The van der Waals surface area contributed by atoms with E-state index in [4.69, 9.17) is 14.2 Å². The summed E-state index contributed by atoms with van der Waals surface area (Å²) in [6, 6.07) is 14.9. The normalized spacial score (nSPS) is 15.2. The third kappa shape index (κ3) is 4.52. The highest BCUT2D eigenvalue weighted by Gasteiger charge is 2.41. The Morgan fingerprint density at radius 2 is 1.93 bits per heavy atom. The van der Waals surface area contributed by atoms with E-state index in [1.807, 2.05) is 31.2 Å². The smallest absolute Gasteiger partial charge is 0.235 e. The van der Waals surface area contributed by atoms with Crippen LogP contribution in [0.3, 0.4) is 0 Å². The van der Waals surface area contributed by atoms with E-state index in [2.05, 4.69) is 11.4 Å². The number of nitrogens with zero attached hydrogens (tertiary/aromatic N) is 1. The van der Waals surface area contributed by atoms with Gasteiger partial charge in [0.25, 0.3) is 0 Å². The largest absolute Gasteiger partial charge is 0.497 e. The number of benzene rings is 2. The zero-order chi connectivity index (χ0) is 20.7. The molecule has 2 aromatic carbocycles. The minimum Gasteiger partial charge on any atom is -0.497 e. The first-order valence-corrected chi connectivity index (χ1v) is 9.83. The van der Waals surface area contributed by atoms with Crippen LogP contribution in [0.1, 0.15) is 37.3 Å². The van der Waals surface area contributed by atoms with Crippen LogP contribution >= 0.6 is 0 Å². The Morgan fingerprint density at radius 1 is 1.21 bits per heavy atom. The summed E-state index contributed by atoms with van der Waals surface area (Å²) < 4.78 is 16.4. The van der Waals surface area contributed by atoms with Crippen LogP contribution in [-0.2, 0) is 14.9 Å². The van der Waals surface area contributed by atoms with Crippen molar-refractivity contribution in [2.24, 2.45) is 0 Å². The van der Waals surface area contributed by atoms with Crippen molar-refractivity contribution in [3.63, 3.8) is 0 Å².